The van der Waals surface area contributed by atoms with E-state index in [1.807, 2.05) is 24.3 Å². The number of halogens is 1. The van der Waals surface area contributed by atoms with Crippen LogP contribution in [0.5, 0.6) is 11.6 Å². The smallest absolute Gasteiger partial charge is 0.248 e. The molecule has 5 nitrogen and oxygen atoms in total. The molecular formula is C20H25BrN4O. The third-order valence-corrected chi connectivity index (χ3v) is 6.07. The van der Waals surface area contributed by atoms with Gasteiger partial charge in [0.15, 0.2) is 5.82 Å². The van der Waals surface area contributed by atoms with Gasteiger partial charge in [0.2, 0.25) is 5.88 Å². The minimum Gasteiger partial charge on any atom is -0.437 e. The van der Waals surface area contributed by atoms with Gasteiger partial charge < -0.3 is 15.4 Å². The molecule has 26 heavy (non-hydrogen) atoms. The van der Waals surface area contributed by atoms with Gasteiger partial charge in [-0.2, -0.15) is 4.98 Å². The molecule has 2 aliphatic rings. The van der Waals surface area contributed by atoms with Crippen molar-refractivity contribution >= 4 is 27.4 Å². The van der Waals surface area contributed by atoms with Crippen LogP contribution in [0.3, 0.4) is 0 Å². The first-order valence-corrected chi connectivity index (χ1v) is 9.85. The Morgan fingerprint density at radius 2 is 1.88 bits per heavy atom. The van der Waals surface area contributed by atoms with E-state index in [-0.39, 0.29) is 0 Å². The van der Waals surface area contributed by atoms with Gasteiger partial charge in [-0.05, 0) is 54.4 Å². The van der Waals surface area contributed by atoms with E-state index in [4.69, 9.17) is 10.5 Å². The molecule has 1 aromatic heterocycles. The van der Waals surface area contributed by atoms with Crippen molar-refractivity contribution in [2.75, 3.05) is 17.2 Å². The molecule has 1 aromatic carbocycles. The van der Waals surface area contributed by atoms with Crippen LogP contribution in [0.2, 0.25) is 0 Å². The number of aromatic nitrogens is 2. The topological polar surface area (TPSA) is 64.3 Å². The molecule has 2 N–H and O–H groups in total. The van der Waals surface area contributed by atoms with Gasteiger partial charge in [0.05, 0.1) is 0 Å². The van der Waals surface area contributed by atoms with Crippen molar-refractivity contribution in [1.29, 1.82) is 0 Å². The molecule has 2 bridgehead atoms. The fraction of sp³-hybridized carbons (Fsp3) is 0.500. The highest BCUT2D eigenvalue weighted by atomic mass is 79.9. The first-order valence-electron chi connectivity index (χ1n) is 9.05. The molecule has 1 aliphatic carbocycles. The molecule has 2 fully saturated rings. The number of nitrogens with two attached hydrogens (primary N) is 1. The highest BCUT2D eigenvalue weighted by Crippen LogP contribution is 2.54. The lowest BCUT2D eigenvalue weighted by Gasteiger charge is -2.39. The summed E-state index contributed by atoms with van der Waals surface area (Å²) >= 11 is 3.43. The summed E-state index contributed by atoms with van der Waals surface area (Å²) in [6.07, 6.45) is 5.15. The molecule has 6 heteroatoms. The largest absolute Gasteiger partial charge is 0.437 e. The summed E-state index contributed by atoms with van der Waals surface area (Å²) in [6, 6.07) is 8.11. The maximum atomic E-state index is 6.43. The standard InChI is InChI=1S/C20H25BrN4O/c1-19(2)8-14-9-20(3,10-19)11-25(14)17-16(22)18(24-12-23-17)26-15-6-4-13(21)5-7-15/h4-7,12,14H,8-11,22H2,1-3H3. The second-order valence-corrected chi connectivity index (χ2v) is 9.73. The van der Waals surface area contributed by atoms with Gasteiger partial charge in [-0.15, -0.1) is 0 Å². The summed E-state index contributed by atoms with van der Waals surface area (Å²) in [5.41, 5.74) is 7.62. The second-order valence-electron chi connectivity index (χ2n) is 8.81. The van der Waals surface area contributed by atoms with Crippen molar-refractivity contribution < 1.29 is 4.74 Å². The van der Waals surface area contributed by atoms with Gasteiger partial charge in [-0.25, -0.2) is 4.98 Å². The van der Waals surface area contributed by atoms with Crippen LogP contribution in [0.25, 0.3) is 0 Å². The number of anilines is 2. The first-order chi connectivity index (χ1) is 12.2. The fourth-order valence-electron chi connectivity index (χ4n) is 5.00. The van der Waals surface area contributed by atoms with E-state index in [1.54, 1.807) is 6.33 Å². The number of hydrogen-bond donors (Lipinski definition) is 1. The number of rotatable bonds is 3. The van der Waals surface area contributed by atoms with Crippen LogP contribution in [0.4, 0.5) is 11.5 Å². The normalized spacial score (nSPS) is 26.8. The molecular weight excluding hydrogens is 392 g/mol. The van der Waals surface area contributed by atoms with Gasteiger partial charge in [-0.3, -0.25) is 0 Å². The highest BCUT2D eigenvalue weighted by molar-refractivity contribution is 9.10. The Hall–Kier alpha value is -1.82. The van der Waals surface area contributed by atoms with E-state index in [1.165, 1.54) is 12.8 Å². The zero-order valence-corrected chi connectivity index (χ0v) is 17.1. The SMILES string of the molecule is CC1(C)CC2CC(C)(CN2c2ncnc(Oc3ccc(Br)cc3)c2N)C1. The molecule has 2 unspecified atom stereocenters. The van der Waals surface area contributed by atoms with E-state index in [0.29, 0.717) is 34.2 Å². The number of nitrogens with zero attached hydrogens (tertiary/aromatic N) is 3. The predicted molar refractivity (Wildman–Crippen MR) is 108 cm³/mol. The third kappa shape index (κ3) is 3.27. The minimum absolute atomic E-state index is 0.316. The molecule has 1 aliphatic heterocycles. The Labute approximate surface area is 163 Å². The van der Waals surface area contributed by atoms with Crippen LogP contribution in [-0.4, -0.2) is 22.6 Å². The summed E-state index contributed by atoms with van der Waals surface area (Å²) in [5, 5.41) is 0. The molecule has 2 heterocycles. The molecule has 0 amide bonds. The Balaban J connectivity index is 1.63. The van der Waals surface area contributed by atoms with Gasteiger partial charge in [0, 0.05) is 17.1 Å². The van der Waals surface area contributed by atoms with Crippen LogP contribution < -0.4 is 15.4 Å². The van der Waals surface area contributed by atoms with Crippen LogP contribution in [0.15, 0.2) is 35.1 Å². The van der Waals surface area contributed by atoms with Crippen LogP contribution in [-0.2, 0) is 0 Å². The maximum absolute atomic E-state index is 6.43. The van der Waals surface area contributed by atoms with E-state index in [9.17, 15) is 0 Å². The van der Waals surface area contributed by atoms with Gasteiger partial charge in [-0.1, -0.05) is 36.7 Å². The van der Waals surface area contributed by atoms with Crippen LogP contribution in [0.1, 0.15) is 40.0 Å². The van der Waals surface area contributed by atoms with Crippen molar-refractivity contribution in [2.24, 2.45) is 10.8 Å². The van der Waals surface area contributed by atoms with Crippen LogP contribution >= 0.6 is 15.9 Å². The van der Waals surface area contributed by atoms with Crippen molar-refractivity contribution in [3.63, 3.8) is 0 Å². The lowest BCUT2D eigenvalue weighted by Crippen LogP contribution is -2.35. The quantitative estimate of drug-likeness (QED) is 0.760. The molecule has 0 radical (unpaired) electrons. The number of hydrogen-bond acceptors (Lipinski definition) is 5. The van der Waals surface area contributed by atoms with E-state index < -0.39 is 0 Å². The van der Waals surface area contributed by atoms with Crippen molar-refractivity contribution in [3.8, 4) is 11.6 Å². The number of fused-ring (bicyclic) bond motifs is 2. The summed E-state index contributed by atoms with van der Waals surface area (Å²) < 4.78 is 6.92. The molecule has 0 spiro atoms. The molecule has 4 rings (SSSR count). The second kappa shape index (κ2) is 6.12. The lowest BCUT2D eigenvalue weighted by molar-refractivity contribution is 0.136. The molecule has 1 saturated heterocycles. The summed E-state index contributed by atoms with van der Waals surface area (Å²) in [5.74, 6) is 1.93. The van der Waals surface area contributed by atoms with Crippen molar-refractivity contribution in [2.45, 2.75) is 46.1 Å². The fourth-order valence-corrected chi connectivity index (χ4v) is 5.27. The van der Waals surface area contributed by atoms with Crippen molar-refractivity contribution in [1.82, 2.24) is 9.97 Å². The van der Waals surface area contributed by atoms with E-state index >= 15 is 0 Å². The lowest BCUT2D eigenvalue weighted by atomic mass is 9.65. The van der Waals surface area contributed by atoms with Gasteiger partial charge >= 0.3 is 0 Å². The number of nitrogen functional groups attached to an aromatic ring is 1. The number of ether oxygens (including phenoxy) is 1. The Kier molecular flexibility index (Phi) is 4.14. The molecule has 2 aromatic rings. The third-order valence-electron chi connectivity index (χ3n) is 5.54. The summed E-state index contributed by atoms with van der Waals surface area (Å²) in [7, 11) is 0. The predicted octanol–water partition coefficient (Wildman–Crippen LogP) is 5.02. The maximum Gasteiger partial charge on any atom is 0.248 e. The van der Waals surface area contributed by atoms with E-state index in [0.717, 1.165) is 23.3 Å². The monoisotopic (exact) mass is 416 g/mol. The van der Waals surface area contributed by atoms with E-state index in [2.05, 4.69) is 51.6 Å². The number of benzene rings is 1. The summed E-state index contributed by atoms with van der Waals surface area (Å²) in [6.45, 7) is 8.11. The van der Waals surface area contributed by atoms with Gasteiger partial charge in [0.1, 0.15) is 17.8 Å². The van der Waals surface area contributed by atoms with Crippen LogP contribution in [0, 0.1) is 10.8 Å². The molecule has 2 atom stereocenters. The minimum atomic E-state index is 0.316. The molecule has 1 saturated carbocycles. The first kappa shape index (κ1) is 17.6. The Bertz CT molecular complexity index is 823. The molecule has 138 valence electrons. The van der Waals surface area contributed by atoms with Gasteiger partial charge in [0.25, 0.3) is 0 Å². The zero-order valence-electron chi connectivity index (χ0n) is 15.5. The zero-order chi connectivity index (χ0) is 18.5. The van der Waals surface area contributed by atoms with Crippen molar-refractivity contribution in [3.05, 3.63) is 35.1 Å². The summed E-state index contributed by atoms with van der Waals surface area (Å²) in [4.78, 5) is 11.2. The average molecular weight is 417 g/mol. The average Bonchev–Trinajstić information content (AvgIpc) is 2.80. The highest BCUT2D eigenvalue weighted by Gasteiger charge is 2.50. The Morgan fingerprint density at radius 3 is 2.62 bits per heavy atom. The Morgan fingerprint density at radius 1 is 1.15 bits per heavy atom.